The van der Waals surface area contributed by atoms with E-state index in [9.17, 15) is 4.79 Å². The molecular formula is C22H22N4O3. The Morgan fingerprint density at radius 3 is 2.62 bits per heavy atom. The fourth-order valence-corrected chi connectivity index (χ4v) is 3.21. The summed E-state index contributed by atoms with van der Waals surface area (Å²) in [6.45, 7) is 4.43. The number of carbonyl (C=O) groups excluding carboxylic acids is 1. The number of pyridine rings is 2. The molecule has 0 N–H and O–H groups in total. The average Bonchev–Trinajstić information content (AvgIpc) is 3.52. The zero-order valence-corrected chi connectivity index (χ0v) is 16.6. The summed E-state index contributed by atoms with van der Waals surface area (Å²) in [6, 6.07) is 7.59. The molecule has 2 atom stereocenters. The molecule has 0 aliphatic heterocycles. The van der Waals surface area contributed by atoms with Gasteiger partial charge in [-0.15, -0.1) is 0 Å². The Morgan fingerprint density at radius 1 is 1.07 bits per heavy atom. The fourth-order valence-electron chi connectivity index (χ4n) is 3.21. The lowest BCUT2D eigenvalue weighted by Crippen LogP contribution is -2.06. The van der Waals surface area contributed by atoms with Crippen LogP contribution in [0.1, 0.15) is 39.9 Å². The number of carbonyl (C=O) groups is 1. The van der Waals surface area contributed by atoms with Crippen LogP contribution in [0.3, 0.4) is 0 Å². The number of hydrogen-bond donors (Lipinski definition) is 0. The second kappa shape index (κ2) is 7.95. The molecule has 4 rings (SSSR count). The first-order valence-electron chi connectivity index (χ1n) is 9.49. The molecule has 0 spiro atoms. The zero-order chi connectivity index (χ0) is 20.4. The van der Waals surface area contributed by atoms with Crippen molar-refractivity contribution in [2.45, 2.75) is 26.2 Å². The van der Waals surface area contributed by atoms with Crippen LogP contribution < -0.4 is 4.74 Å². The van der Waals surface area contributed by atoms with E-state index in [4.69, 9.17) is 9.47 Å². The number of aromatic nitrogens is 4. The Labute approximate surface area is 169 Å². The van der Waals surface area contributed by atoms with E-state index in [1.165, 1.54) is 7.11 Å². The van der Waals surface area contributed by atoms with Crippen LogP contribution in [0.25, 0.3) is 11.1 Å². The molecule has 1 fully saturated rings. The van der Waals surface area contributed by atoms with Crippen LogP contribution >= 0.6 is 0 Å². The third-order valence-corrected chi connectivity index (χ3v) is 5.01. The Bertz CT molecular complexity index is 1020. The summed E-state index contributed by atoms with van der Waals surface area (Å²) in [4.78, 5) is 29.0. The summed E-state index contributed by atoms with van der Waals surface area (Å²) >= 11 is 0. The number of nitrogens with zero attached hydrogens (tertiary/aromatic N) is 4. The Kier molecular flexibility index (Phi) is 5.20. The molecule has 1 unspecified atom stereocenters. The molecule has 148 valence electrons. The minimum absolute atomic E-state index is 0.248. The molecule has 3 aromatic rings. The van der Waals surface area contributed by atoms with Crippen LogP contribution in [0.4, 0.5) is 0 Å². The highest BCUT2D eigenvalue weighted by molar-refractivity contribution is 5.87. The summed E-state index contributed by atoms with van der Waals surface area (Å²) in [5.41, 5.74) is 4.05. The molecule has 1 aliphatic rings. The van der Waals surface area contributed by atoms with E-state index in [1.54, 1.807) is 24.5 Å². The molecular weight excluding hydrogens is 368 g/mol. The Hall–Kier alpha value is -3.35. The highest BCUT2D eigenvalue weighted by atomic mass is 16.5. The van der Waals surface area contributed by atoms with Crippen molar-refractivity contribution in [2.24, 2.45) is 5.92 Å². The largest absolute Gasteiger partial charge is 0.477 e. The van der Waals surface area contributed by atoms with Crippen molar-refractivity contribution >= 4 is 5.97 Å². The monoisotopic (exact) mass is 390 g/mol. The molecule has 0 amide bonds. The lowest BCUT2D eigenvalue weighted by molar-refractivity contribution is 0.0594. The van der Waals surface area contributed by atoms with Gasteiger partial charge in [-0.25, -0.2) is 14.8 Å². The molecule has 1 aliphatic carbocycles. The van der Waals surface area contributed by atoms with Gasteiger partial charge in [0.15, 0.2) is 0 Å². The minimum atomic E-state index is -0.474. The van der Waals surface area contributed by atoms with Crippen molar-refractivity contribution in [3.8, 4) is 17.0 Å². The normalized spacial score (nSPS) is 17.6. The lowest BCUT2D eigenvalue weighted by Gasteiger charge is -2.11. The zero-order valence-electron chi connectivity index (χ0n) is 16.6. The maximum atomic E-state index is 11.6. The van der Waals surface area contributed by atoms with E-state index in [0.717, 1.165) is 28.8 Å². The van der Waals surface area contributed by atoms with Gasteiger partial charge in [-0.1, -0.05) is 12.1 Å². The number of aryl methyl sites for hydroxylation is 2. The molecule has 29 heavy (non-hydrogen) atoms. The summed E-state index contributed by atoms with van der Waals surface area (Å²) < 4.78 is 10.8. The summed E-state index contributed by atoms with van der Waals surface area (Å²) in [7, 11) is 1.33. The van der Waals surface area contributed by atoms with Gasteiger partial charge in [-0.3, -0.25) is 4.98 Å². The van der Waals surface area contributed by atoms with Crippen LogP contribution in [0.2, 0.25) is 0 Å². The van der Waals surface area contributed by atoms with Crippen LogP contribution in [0, 0.1) is 19.8 Å². The average molecular weight is 390 g/mol. The summed E-state index contributed by atoms with van der Waals surface area (Å²) in [5, 5.41) is 0. The number of methoxy groups -OCH3 is 1. The number of ether oxygens (including phenoxy) is 2. The van der Waals surface area contributed by atoms with Crippen molar-refractivity contribution in [2.75, 3.05) is 13.7 Å². The molecule has 0 saturated heterocycles. The number of rotatable bonds is 6. The molecule has 0 bridgehead atoms. The predicted octanol–water partition coefficient (Wildman–Crippen LogP) is 3.52. The van der Waals surface area contributed by atoms with Crippen LogP contribution in [0.5, 0.6) is 5.88 Å². The molecule has 7 heteroatoms. The van der Waals surface area contributed by atoms with Crippen LogP contribution in [-0.2, 0) is 4.74 Å². The van der Waals surface area contributed by atoms with E-state index < -0.39 is 5.97 Å². The molecule has 0 radical (unpaired) electrons. The quantitative estimate of drug-likeness (QED) is 0.595. The van der Waals surface area contributed by atoms with Gasteiger partial charge in [0.25, 0.3) is 0 Å². The maximum absolute atomic E-state index is 11.6. The van der Waals surface area contributed by atoms with Crippen LogP contribution in [0.15, 0.2) is 42.9 Å². The summed E-state index contributed by atoms with van der Waals surface area (Å²) in [5.74, 6) is 1.54. The number of hydrogen-bond acceptors (Lipinski definition) is 7. The SMILES string of the molecule is COC(=O)c1ccc(-c2cnc(C)nc2OC[C@H]2CC2c2ccc(C)cn2)cn1. The molecule has 1 saturated carbocycles. The van der Waals surface area contributed by atoms with Crippen molar-refractivity contribution < 1.29 is 14.3 Å². The Balaban J connectivity index is 1.48. The molecule has 7 nitrogen and oxygen atoms in total. The van der Waals surface area contributed by atoms with Gasteiger partial charge in [0, 0.05) is 41.7 Å². The van der Waals surface area contributed by atoms with Gasteiger partial charge in [-0.2, -0.15) is 4.98 Å². The standard InChI is InChI=1S/C22H22N4O3/c1-13-4-6-19(24-9-13)17-8-16(17)12-29-21-18(11-23-14(2)26-21)15-5-7-20(25-10-15)22(27)28-3/h4-7,9-11,16-17H,8,12H2,1-3H3/t16-,17?/m1/s1. The van der Waals surface area contributed by atoms with Crippen molar-refractivity contribution in [1.29, 1.82) is 0 Å². The van der Waals surface area contributed by atoms with Crippen molar-refractivity contribution in [3.63, 3.8) is 0 Å². The van der Waals surface area contributed by atoms with Gasteiger partial charge in [-0.05, 0) is 38.0 Å². The maximum Gasteiger partial charge on any atom is 0.356 e. The van der Waals surface area contributed by atoms with E-state index in [2.05, 4.69) is 32.1 Å². The fraction of sp³-hybridized carbons (Fsp3) is 0.318. The van der Waals surface area contributed by atoms with E-state index in [-0.39, 0.29) is 5.69 Å². The highest BCUT2D eigenvalue weighted by Gasteiger charge is 2.40. The Morgan fingerprint density at radius 2 is 1.93 bits per heavy atom. The van der Waals surface area contributed by atoms with E-state index in [1.807, 2.05) is 20.0 Å². The van der Waals surface area contributed by atoms with Crippen molar-refractivity contribution in [3.05, 3.63) is 65.6 Å². The van der Waals surface area contributed by atoms with Gasteiger partial charge in [0.2, 0.25) is 5.88 Å². The minimum Gasteiger partial charge on any atom is -0.477 e. The third-order valence-electron chi connectivity index (χ3n) is 5.01. The molecule has 0 aromatic carbocycles. The van der Waals surface area contributed by atoms with Crippen molar-refractivity contribution in [1.82, 2.24) is 19.9 Å². The highest BCUT2D eigenvalue weighted by Crippen LogP contribution is 2.47. The third kappa shape index (κ3) is 4.23. The van der Waals surface area contributed by atoms with Gasteiger partial charge >= 0.3 is 5.97 Å². The molecule has 3 aromatic heterocycles. The van der Waals surface area contributed by atoms with E-state index >= 15 is 0 Å². The second-order valence-corrected chi connectivity index (χ2v) is 7.23. The lowest BCUT2D eigenvalue weighted by atomic mass is 10.1. The summed E-state index contributed by atoms with van der Waals surface area (Å²) in [6.07, 6.45) is 6.29. The smallest absolute Gasteiger partial charge is 0.356 e. The topological polar surface area (TPSA) is 87.1 Å². The first kappa shape index (κ1) is 19.0. The first-order chi connectivity index (χ1) is 14.0. The van der Waals surface area contributed by atoms with Gasteiger partial charge in [0.1, 0.15) is 11.5 Å². The van der Waals surface area contributed by atoms with Gasteiger partial charge in [0.05, 0.1) is 19.3 Å². The van der Waals surface area contributed by atoms with E-state index in [0.29, 0.717) is 30.1 Å². The predicted molar refractivity (Wildman–Crippen MR) is 107 cm³/mol. The first-order valence-corrected chi connectivity index (χ1v) is 9.49. The van der Waals surface area contributed by atoms with Gasteiger partial charge < -0.3 is 9.47 Å². The number of esters is 1. The second-order valence-electron chi connectivity index (χ2n) is 7.23. The van der Waals surface area contributed by atoms with Crippen LogP contribution in [-0.4, -0.2) is 39.6 Å². The molecule has 3 heterocycles.